The average molecular weight is 183 g/mol. The lowest BCUT2D eigenvalue weighted by Gasteiger charge is -2.00. The number of rotatable bonds is 3. The SMILES string of the molecule is CCCc1ccc(C=O)c(Cl)c1. The summed E-state index contributed by atoms with van der Waals surface area (Å²) < 4.78 is 0. The second kappa shape index (κ2) is 4.27. The van der Waals surface area contributed by atoms with Gasteiger partial charge in [-0.05, 0) is 24.1 Å². The molecule has 0 fully saturated rings. The van der Waals surface area contributed by atoms with Crippen molar-refractivity contribution in [2.24, 2.45) is 0 Å². The molecule has 0 unspecified atom stereocenters. The summed E-state index contributed by atoms with van der Waals surface area (Å²) in [5.74, 6) is 0. The maximum absolute atomic E-state index is 10.4. The number of aryl methyl sites for hydroxylation is 1. The van der Waals surface area contributed by atoms with E-state index in [1.165, 1.54) is 5.56 Å². The Labute approximate surface area is 77.4 Å². The molecule has 0 amide bonds. The highest BCUT2D eigenvalue weighted by molar-refractivity contribution is 6.33. The number of carbonyl (C=O) groups excluding carboxylic acids is 1. The van der Waals surface area contributed by atoms with E-state index in [1.54, 1.807) is 6.07 Å². The number of halogens is 1. The first-order chi connectivity index (χ1) is 5.77. The first kappa shape index (κ1) is 9.27. The summed E-state index contributed by atoms with van der Waals surface area (Å²) in [7, 11) is 0. The summed E-state index contributed by atoms with van der Waals surface area (Å²) in [6.45, 7) is 2.11. The molecule has 0 N–H and O–H groups in total. The van der Waals surface area contributed by atoms with Gasteiger partial charge in [-0.3, -0.25) is 4.79 Å². The molecular formula is C10H11ClO. The molecule has 0 aliphatic heterocycles. The van der Waals surface area contributed by atoms with E-state index >= 15 is 0 Å². The number of carbonyl (C=O) groups is 1. The van der Waals surface area contributed by atoms with Crippen LogP contribution in [0.4, 0.5) is 0 Å². The first-order valence-corrected chi connectivity index (χ1v) is 4.39. The lowest BCUT2D eigenvalue weighted by atomic mass is 10.1. The van der Waals surface area contributed by atoms with Gasteiger partial charge < -0.3 is 0 Å². The Bertz CT molecular complexity index is 281. The first-order valence-electron chi connectivity index (χ1n) is 4.01. The number of hydrogen-bond donors (Lipinski definition) is 0. The normalized spacial score (nSPS) is 9.83. The van der Waals surface area contributed by atoms with Gasteiger partial charge in [-0.1, -0.05) is 31.0 Å². The summed E-state index contributed by atoms with van der Waals surface area (Å²) in [5.41, 5.74) is 1.75. The van der Waals surface area contributed by atoms with Crippen molar-refractivity contribution in [2.45, 2.75) is 19.8 Å². The third-order valence-electron chi connectivity index (χ3n) is 1.73. The molecule has 0 bridgehead atoms. The molecule has 2 heteroatoms. The van der Waals surface area contributed by atoms with Crippen LogP contribution in [0.5, 0.6) is 0 Å². The topological polar surface area (TPSA) is 17.1 Å². The van der Waals surface area contributed by atoms with Crippen molar-refractivity contribution in [1.29, 1.82) is 0 Å². The van der Waals surface area contributed by atoms with Crippen LogP contribution in [0.15, 0.2) is 18.2 Å². The summed E-state index contributed by atoms with van der Waals surface area (Å²) in [4.78, 5) is 10.4. The maximum atomic E-state index is 10.4. The highest BCUT2D eigenvalue weighted by Crippen LogP contribution is 2.16. The van der Waals surface area contributed by atoms with Gasteiger partial charge in [0, 0.05) is 5.56 Å². The van der Waals surface area contributed by atoms with Gasteiger partial charge in [-0.25, -0.2) is 0 Å². The average Bonchev–Trinajstić information content (AvgIpc) is 2.05. The van der Waals surface area contributed by atoms with E-state index < -0.39 is 0 Å². The van der Waals surface area contributed by atoms with Gasteiger partial charge in [0.25, 0.3) is 0 Å². The van der Waals surface area contributed by atoms with Crippen LogP contribution in [-0.4, -0.2) is 6.29 Å². The Hall–Kier alpha value is -0.820. The molecule has 0 atom stereocenters. The highest BCUT2D eigenvalue weighted by Gasteiger charge is 1.99. The Morgan fingerprint density at radius 3 is 2.75 bits per heavy atom. The van der Waals surface area contributed by atoms with Crippen molar-refractivity contribution >= 4 is 17.9 Å². The third kappa shape index (κ3) is 2.08. The predicted octanol–water partition coefficient (Wildman–Crippen LogP) is 3.11. The zero-order valence-electron chi connectivity index (χ0n) is 7.01. The minimum Gasteiger partial charge on any atom is -0.298 e. The molecule has 0 saturated heterocycles. The fourth-order valence-electron chi connectivity index (χ4n) is 1.11. The standard InChI is InChI=1S/C10H11ClO/c1-2-3-8-4-5-9(7-12)10(11)6-8/h4-7H,2-3H2,1H3. The zero-order valence-corrected chi connectivity index (χ0v) is 7.77. The minimum atomic E-state index is 0.552. The number of benzene rings is 1. The molecule has 64 valence electrons. The van der Waals surface area contributed by atoms with Crippen LogP contribution in [-0.2, 0) is 6.42 Å². The van der Waals surface area contributed by atoms with E-state index in [2.05, 4.69) is 6.92 Å². The van der Waals surface area contributed by atoms with E-state index in [0.717, 1.165) is 19.1 Å². The van der Waals surface area contributed by atoms with Crippen LogP contribution in [0, 0.1) is 0 Å². The van der Waals surface area contributed by atoms with Gasteiger partial charge in [-0.2, -0.15) is 0 Å². The predicted molar refractivity (Wildman–Crippen MR) is 50.8 cm³/mol. The van der Waals surface area contributed by atoms with Crippen molar-refractivity contribution in [1.82, 2.24) is 0 Å². The molecule has 1 rings (SSSR count). The Morgan fingerprint density at radius 2 is 2.25 bits per heavy atom. The minimum absolute atomic E-state index is 0.552. The molecular weight excluding hydrogens is 172 g/mol. The molecule has 1 aromatic rings. The molecule has 0 aliphatic carbocycles. The van der Waals surface area contributed by atoms with Crippen LogP contribution in [0.25, 0.3) is 0 Å². The Morgan fingerprint density at radius 1 is 1.50 bits per heavy atom. The van der Waals surface area contributed by atoms with Crippen LogP contribution in [0.1, 0.15) is 29.3 Å². The molecule has 0 radical (unpaired) electrons. The molecule has 0 aliphatic rings. The van der Waals surface area contributed by atoms with E-state index in [0.29, 0.717) is 10.6 Å². The van der Waals surface area contributed by atoms with E-state index in [1.807, 2.05) is 12.1 Å². The van der Waals surface area contributed by atoms with Gasteiger partial charge >= 0.3 is 0 Å². The second-order valence-corrected chi connectivity index (χ2v) is 3.13. The van der Waals surface area contributed by atoms with E-state index in [9.17, 15) is 4.79 Å². The van der Waals surface area contributed by atoms with Gasteiger partial charge in [0.1, 0.15) is 0 Å². The highest BCUT2D eigenvalue weighted by atomic mass is 35.5. The number of aldehydes is 1. The molecule has 0 saturated carbocycles. The molecule has 0 heterocycles. The van der Waals surface area contributed by atoms with Crippen LogP contribution in [0.3, 0.4) is 0 Å². The quantitative estimate of drug-likeness (QED) is 0.657. The van der Waals surface area contributed by atoms with E-state index in [-0.39, 0.29) is 0 Å². The van der Waals surface area contributed by atoms with Crippen molar-refractivity contribution < 1.29 is 4.79 Å². The third-order valence-corrected chi connectivity index (χ3v) is 2.06. The van der Waals surface area contributed by atoms with Crippen LogP contribution in [0.2, 0.25) is 5.02 Å². The largest absolute Gasteiger partial charge is 0.298 e. The van der Waals surface area contributed by atoms with Gasteiger partial charge in [0.05, 0.1) is 5.02 Å². The maximum Gasteiger partial charge on any atom is 0.151 e. The van der Waals surface area contributed by atoms with Crippen molar-refractivity contribution in [3.63, 3.8) is 0 Å². The lowest BCUT2D eigenvalue weighted by molar-refractivity contribution is 0.112. The summed E-state index contributed by atoms with van der Waals surface area (Å²) in [5, 5.41) is 0.552. The van der Waals surface area contributed by atoms with Crippen molar-refractivity contribution in [3.05, 3.63) is 34.3 Å². The summed E-state index contributed by atoms with van der Waals surface area (Å²) in [6, 6.07) is 5.56. The second-order valence-electron chi connectivity index (χ2n) is 2.72. The van der Waals surface area contributed by atoms with E-state index in [4.69, 9.17) is 11.6 Å². The van der Waals surface area contributed by atoms with Crippen molar-refractivity contribution in [2.75, 3.05) is 0 Å². The van der Waals surface area contributed by atoms with Crippen LogP contribution >= 0.6 is 11.6 Å². The molecule has 12 heavy (non-hydrogen) atoms. The molecule has 1 nitrogen and oxygen atoms in total. The Balaban J connectivity index is 2.93. The van der Waals surface area contributed by atoms with Crippen LogP contribution < -0.4 is 0 Å². The molecule has 0 spiro atoms. The zero-order chi connectivity index (χ0) is 8.97. The molecule has 1 aromatic carbocycles. The van der Waals surface area contributed by atoms with Gasteiger partial charge in [-0.15, -0.1) is 0 Å². The smallest absolute Gasteiger partial charge is 0.151 e. The Kier molecular flexibility index (Phi) is 3.30. The molecule has 0 aromatic heterocycles. The van der Waals surface area contributed by atoms with Gasteiger partial charge in [0.2, 0.25) is 0 Å². The van der Waals surface area contributed by atoms with Crippen molar-refractivity contribution in [3.8, 4) is 0 Å². The fourth-order valence-corrected chi connectivity index (χ4v) is 1.36. The van der Waals surface area contributed by atoms with Gasteiger partial charge in [0.15, 0.2) is 6.29 Å². The lowest BCUT2D eigenvalue weighted by Crippen LogP contribution is -1.86. The monoisotopic (exact) mass is 182 g/mol. The summed E-state index contributed by atoms with van der Waals surface area (Å²) >= 11 is 5.83. The summed E-state index contributed by atoms with van der Waals surface area (Å²) in [6.07, 6.45) is 2.88. The fraction of sp³-hybridized carbons (Fsp3) is 0.300. The number of hydrogen-bond acceptors (Lipinski definition) is 1.